The second kappa shape index (κ2) is 3.17. The van der Waals surface area contributed by atoms with Gasteiger partial charge < -0.3 is 5.11 Å². The Balaban J connectivity index is 2.01. The van der Waals surface area contributed by atoms with E-state index in [-0.39, 0.29) is 12.5 Å². The van der Waals surface area contributed by atoms with E-state index in [0.29, 0.717) is 24.0 Å². The molecule has 68 valence electrons. The fourth-order valence-corrected chi connectivity index (χ4v) is 2.89. The molecule has 2 saturated carbocycles. The number of carbonyl (C=O) groups excluding carboxylic acids is 1. The quantitative estimate of drug-likeness (QED) is 0.676. The smallest absolute Gasteiger partial charge is 0.139 e. The van der Waals surface area contributed by atoms with Gasteiger partial charge in [0, 0.05) is 18.4 Å². The van der Waals surface area contributed by atoms with Gasteiger partial charge in [0.15, 0.2) is 0 Å². The van der Waals surface area contributed by atoms with Gasteiger partial charge in [0.25, 0.3) is 0 Å². The number of ketones is 1. The maximum atomic E-state index is 11.7. The Hall–Kier alpha value is -0.370. The minimum absolute atomic E-state index is 0.176. The topological polar surface area (TPSA) is 37.3 Å². The van der Waals surface area contributed by atoms with Crippen molar-refractivity contribution in [3.63, 3.8) is 0 Å². The molecule has 1 N–H and O–H groups in total. The molecule has 2 heteroatoms. The van der Waals surface area contributed by atoms with Gasteiger partial charge in [-0.1, -0.05) is 6.42 Å². The average Bonchev–Trinajstić information content (AvgIpc) is 2.58. The number of hydrogen-bond acceptors (Lipinski definition) is 2. The molecule has 2 aliphatic rings. The first-order chi connectivity index (χ1) is 5.83. The third-order valence-corrected chi connectivity index (χ3v) is 3.49. The molecule has 0 spiro atoms. The minimum atomic E-state index is 0.176. The molecule has 12 heavy (non-hydrogen) atoms. The lowest BCUT2D eigenvalue weighted by Crippen LogP contribution is -2.14. The van der Waals surface area contributed by atoms with Gasteiger partial charge in [-0.2, -0.15) is 0 Å². The molecule has 0 heterocycles. The second-order valence-electron chi connectivity index (χ2n) is 4.14. The summed E-state index contributed by atoms with van der Waals surface area (Å²) in [5.74, 6) is 1.70. The van der Waals surface area contributed by atoms with E-state index < -0.39 is 0 Å². The van der Waals surface area contributed by atoms with Crippen molar-refractivity contribution in [2.75, 3.05) is 6.61 Å². The van der Waals surface area contributed by atoms with Crippen LogP contribution in [-0.4, -0.2) is 17.5 Å². The molecule has 0 aromatic heterocycles. The van der Waals surface area contributed by atoms with Crippen LogP contribution in [0.1, 0.15) is 32.1 Å². The molecule has 0 aliphatic heterocycles. The Morgan fingerprint density at radius 1 is 1.42 bits per heavy atom. The molecule has 2 rings (SSSR count). The number of hydrogen-bond donors (Lipinski definition) is 1. The van der Waals surface area contributed by atoms with E-state index in [1.54, 1.807) is 0 Å². The molecule has 2 aliphatic carbocycles. The van der Waals surface area contributed by atoms with Gasteiger partial charge in [-0.15, -0.1) is 0 Å². The summed E-state index contributed by atoms with van der Waals surface area (Å²) in [4.78, 5) is 11.7. The van der Waals surface area contributed by atoms with Crippen molar-refractivity contribution in [1.29, 1.82) is 0 Å². The van der Waals surface area contributed by atoms with Crippen molar-refractivity contribution in [2.24, 2.45) is 17.8 Å². The fourth-order valence-electron chi connectivity index (χ4n) is 2.89. The summed E-state index contributed by atoms with van der Waals surface area (Å²) in [6.07, 6.45) is 5.37. The van der Waals surface area contributed by atoms with Crippen molar-refractivity contribution < 1.29 is 9.90 Å². The van der Waals surface area contributed by atoms with Gasteiger partial charge in [0.05, 0.1) is 0 Å². The lowest BCUT2D eigenvalue weighted by Gasteiger charge is -2.06. The van der Waals surface area contributed by atoms with Crippen LogP contribution in [0.4, 0.5) is 0 Å². The van der Waals surface area contributed by atoms with E-state index in [1.165, 1.54) is 12.8 Å². The number of rotatable bonds is 2. The van der Waals surface area contributed by atoms with Crippen molar-refractivity contribution in [1.82, 2.24) is 0 Å². The highest BCUT2D eigenvalue weighted by molar-refractivity contribution is 5.86. The second-order valence-corrected chi connectivity index (χ2v) is 4.14. The van der Waals surface area contributed by atoms with E-state index in [9.17, 15) is 4.79 Å². The van der Waals surface area contributed by atoms with Crippen molar-refractivity contribution >= 4 is 5.78 Å². The molecular formula is C10H16O2. The zero-order valence-corrected chi connectivity index (χ0v) is 7.33. The Morgan fingerprint density at radius 3 is 2.92 bits per heavy atom. The van der Waals surface area contributed by atoms with E-state index in [1.807, 2.05) is 0 Å². The number of carbonyl (C=O) groups is 1. The molecule has 0 bridgehead atoms. The molecule has 0 radical (unpaired) electrons. The van der Waals surface area contributed by atoms with Crippen LogP contribution in [0, 0.1) is 17.8 Å². The Morgan fingerprint density at radius 2 is 2.25 bits per heavy atom. The van der Waals surface area contributed by atoms with E-state index in [0.717, 1.165) is 12.8 Å². The van der Waals surface area contributed by atoms with E-state index >= 15 is 0 Å². The molecule has 0 aromatic carbocycles. The normalized spacial score (nSPS) is 40.4. The standard InChI is InChI=1S/C10H16O2/c11-5-4-8-6-7-2-1-3-9(7)10(8)12/h7-9,11H,1-6H2. The van der Waals surface area contributed by atoms with Gasteiger partial charge in [-0.25, -0.2) is 0 Å². The molecule has 0 amide bonds. The molecular weight excluding hydrogens is 152 g/mol. The summed E-state index contributed by atoms with van der Waals surface area (Å²) in [6, 6.07) is 0. The summed E-state index contributed by atoms with van der Waals surface area (Å²) >= 11 is 0. The first-order valence-electron chi connectivity index (χ1n) is 4.97. The highest BCUT2D eigenvalue weighted by Crippen LogP contribution is 2.45. The van der Waals surface area contributed by atoms with Crippen LogP contribution < -0.4 is 0 Å². The molecule has 2 fully saturated rings. The third kappa shape index (κ3) is 1.18. The summed E-state index contributed by atoms with van der Waals surface area (Å²) in [7, 11) is 0. The lowest BCUT2D eigenvalue weighted by atomic mass is 9.99. The molecule has 0 aromatic rings. The fraction of sp³-hybridized carbons (Fsp3) is 0.900. The number of fused-ring (bicyclic) bond motifs is 1. The van der Waals surface area contributed by atoms with Gasteiger partial charge in [-0.05, 0) is 31.6 Å². The average molecular weight is 168 g/mol. The molecule has 3 atom stereocenters. The largest absolute Gasteiger partial charge is 0.396 e. The van der Waals surface area contributed by atoms with Crippen LogP contribution in [0.3, 0.4) is 0 Å². The predicted octanol–water partition coefficient (Wildman–Crippen LogP) is 1.37. The van der Waals surface area contributed by atoms with Crippen LogP contribution in [0.5, 0.6) is 0 Å². The lowest BCUT2D eigenvalue weighted by molar-refractivity contribution is -0.124. The van der Waals surface area contributed by atoms with E-state index in [2.05, 4.69) is 0 Å². The highest BCUT2D eigenvalue weighted by Gasteiger charge is 2.43. The minimum Gasteiger partial charge on any atom is -0.396 e. The van der Waals surface area contributed by atoms with Gasteiger partial charge in [0.2, 0.25) is 0 Å². The SMILES string of the molecule is O=C1C(CCO)CC2CCCC12. The van der Waals surface area contributed by atoms with Crippen molar-refractivity contribution in [2.45, 2.75) is 32.1 Å². The van der Waals surface area contributed by atoms with Crippen LogP contribution in [0.15, 0.2) is 0 Å². The predicted molar refractivity (Wildman–Crippen MR) is 45.6 cm³/mol. The summed E-state index contributed by atoms with van der Waals surface area (Å²) in [5.41, 5.74) is 0. The third-order valence-electron chi connectivity index (χ3n) is 3.49. The maximum absolute atomic E-state index is 11.7. The van der Waals surface area contributed by atoms with Crippen LogP contribution in [0.25, 0.3) is 0 Å². The van der Waals surface area contributed by atoms with Gasteiger partial charge in [0.1, 0.15) is 5.78 Å². The zero-order valence-electron chi connectivity index (χ0n) is 7.33. The Labute approximate surface area is 73.0 Å². The van der Waals surface area contributed by atoms with Crippen LogP contribution >= 0.6 is 0 Å². The summed E-state index contributed by atoms with van der Waals surface area (Å²) in [5, 5.41) is 8.76. The number of aliphatic hydroxyl groups excluding tert-OH is 1. The molecule has 2 nitrogen and oxygen atoms in total. The van der Waals surface area contributed by atoms with Crippen molar-refractivity contribution in [3.05, 3.63) is 0 Å². The van der Waals surface area contributed by atoms with Gasteiger partial charge >= 0.3 is 0 Å². The molecule has 0 saturated heterocycles. The summed E-state index contributed by atoms with van der Waals surface area (Å²) < 4.78 is 0. The molecule has 3 unspecified atom stereocenters. The Bertz CT molecular complexity index is 188. The first-order valence-corrected chi connectivity index (χ1v) is 4.97. The monoisotopic (exact) mass is 168 g/mol. The highest BCUT2D eigenvalue weighted by atomic mass is 16.3. The maximum Gasteiger partial charge on any atom is 0.139 e. The zero-order chi connectivity index (χ0) is 8.55. The van der Waals surface area contributed by atoms with Crippen molar-refractivity contribution in [3.8, 4) is 0 Å². The number of aliphatic hydroxyl groups is 1. The van der Waals surface area contributed by atoms with Crippen LogP contribution in [0.2, 0.25) is 0 Å². The Kier molecular flexibility index (Phi) is 2.18. The van der Waals surface area contributed by atoms with E-state index in [4.69, 9.17) is 5.11 Å². The summed E-state index contributed by atoms with van der Waals surface area (Å²) in [6.45, 7) is 0.176. The van der Waals surface area contributed by atoms with Crippen LogP contribution in [-0.2, 0) is 4.79 Å². The number of Topliss-reactive ketones (excluding diaryl/α,β-unsaturated/α-hetero) is 1. The van der Waals surface area contributed by atoms with Gasteiger partial charge in [-0.3, -0.25) is 4.79 Å². The first kappa shape index (κ1) is 8.24.